The van der Waals surface area contributed by atoms with Gasteiger partial charge in [-0.1, -0.05) is 54.1 Å². The van der Waals surface area contributed by atoms with Gasteiger partial charge in [-0.3, -0.25) is 18.8 Å². The number of nitrogens with zero attached hydrogens (tertiary/aromatic N) is 3. The van der Waals surface area contributed by atoms with Crippen molar-refractivity contribution in [2.75, 3.05) is 13.1 Å². The molecule has 12 heteroatoms. The summed E-state index contributed by atoms with van der Waals surface area (Å²) >= 11 is 7.01. The summed E-state index contributed by atoms with van der Waals surface area (Å²) in [5.74, 6) is -0.523. The van der Waals surface area contributed by atoms with Crippen molar-refractivity contribution in [2.24, 2.45) is 0 Å². The zero-order valence-electron chi connectivity index (χ0n) is 26.9. The lowest BCUT2D eigenvalue weighted by atomic mass is 9.92. The molecule has 4 N–H and O–H groups in total. The molecule has 0 saturated carbocycles. The van der Waals surface area contributed by atoms with E-state index in [1.807, 2.05) is 55.5 Å². The second kappa shape index (κ2) is 13.9. The van der Waals surface area contributed by atoms with Crippen molar-refractivity contribution < 1.29 is 14.0 Å². The molecule has 0 spiro atoms. The highest BCUT2D eigenvalue weighted by atomic mass is 35.5. The molecule has 5 heterocycles. The minimum absolute atomic E-state index is 0.00327. The molecule has 250 valence electrons. The van der Waals surface area contributed by atoms with E-state index in [1.54, 1.807) is 24.5 Å². The van der Waals surface area contributed by atoms with Crippen molar-refractivity contribution in [3.8, 4) is 33.5 Å². The highest BCUT2D eigenvalue weighted by Gasteiger charge is 2.22. The lowest BCUT2D eigenvalue weighted by Gasteiger charge is -2.16. The Bertz CT molecular complexity index is 2150. The molecule has 3 aromatic heterocycles. The Morgan fingerprint density at radius 1 is 0.959 bits per heavy atom. The predicted molar refractivity (Wildman–Crippen MR) is 186 cm³/mol. The number of carbonyl (C=O) groups is 2. The van der Waals surface area contributed by atoms with Crippen LogP contribution in [-0.4, -0.2) is 51.4 Å². The summed E-state index contributed by atoms with van der Waals surface area (Å²) in [6.07, 6.45) is 5.01. The fourth-order valence-electron chi connectivity index (χ4n) is 6.54. The Hall–Kier alpha value is -4.97. The van der Waals surface area contributed by atoms with E-state index in [1.165, 1.54) is 4.40 Å². The van der Waals surface area contributed by atoms with E-state index < -0.39 is 5.95 Å². The SMILES string of the molecule is Cc1c(-c2ccn3c(=O)c(CN[C@@H]4CNC(=O)C4)cnc3c2)cccc1-c1cccc(-c2ccc(CNC[C@H]3CCC(=O)N3)c(F)n2)c1Cl. The maximum absolute atomic E-state index is 15.1. The first-order chi connectivity index (χ1) is 23.7. The monoisotopic (exact) mass is 679 g/mol. The Labute approximate surface area is 287 Å². The van der Waals surface area contributed by atoms with Crippen LogP contribution < -0.4 is 26.8 Å². The molecule has 2 aliphatic heterocycles. The predicted octanol–water partition coefficient (Wildman–Crippen LogP) is 4.54. The van der Waals surface area contributed by atoms with Crippen LogP contribution in [0.25, 0.3) is 39.2 Å². The second-order valence-electron chi connectivity index (χ2n) is 12.5. The smallest absolute Gasteiger partial charge is 0.262 e. The number of aromatic nitrogens is 3. The van der Waals surface area contributed by atoms with Crippen LogP contribution in [0.4, 0.5) is 4.39 Å². The Kier molecular flexibility index (Phi) is 9.22. The highest BCUT2D eigenvalue weighted by Crippen LogP contribution is 2.39. The third kappa shape index (κ3) is 6.82. The molecule has 0 bridgehead atoms. The van der Waals surface area contributed by atoms with Crippen molar-refractivity contribution in [1.29, 1.82) is 0 Å². The molecule has 2 amide bonds. The summed E-state index contributed by atoms with van der Waals surface area (Å²) in [5.41, 5.74) is 6.89. The summed E-state index contributed by atoms with van der Waals surface area (Å²) in [6.45, 7) is 3.75. The minimum atomic E-state index is -0.574. The number of fused-ring (bicyclic) bond motifs is 1. The van der Waals surface area contributed by atoms with Crippen molar-refractivity contribution >= 4 is 29.1 Å². The van der Waals surface area contributed by atoms with Gasteiger partial charge >= 0.3 is 0 Å². The van der Waals surface area contributed by atoms with Crippen molar-refractivity contribution in [3.05, 3.63) is 111 Å². The number of rotatable bonds is 10. The van der Waals surface area contributed by atoms with Crippen LogP contribution in [0.2, 0.25) is 5.02 Å². The maximum Gasteiger partial charge on any atom is 0.262 e. The van der Waals surface area contributed by atoms with Gasteiger partial charge < -0.3 is 21.3 Å². The lowest BCUT2D eigenvalue weighted by Crippen LogP contribution is -2.35. The number of hydrogen-bond donors (Lipinski definition) is 4. The minimum Gasteiger partial charge on any atom is -0.354 e. The van der Waals surface area contributed by atoms with Crippen LogP contribution in [-0.2, 0) is 22.7 Å². The van der Waals surface area contributed by atoms with Gasteiger partial charge in [0.2, 0.25) is 17.8 Å². The summed E-state index contributed by atoms with van der Waals surface area (Å²) in [6, 6.07) is 18.9. The zero-order chi connectivity index (χ0) is 34.1. The molecular weight excluding hydrogens is 645 g/mol. The normalized spacial score (nSPS) is 17.4. The number of hydrogen-bond acceptors (Lipinski definition) is 7. The molecule has 2 saturated heterocycles. The van der Waals surface area contributed by atoms with Crippen molar-refractivity contribution in [1.82, 2.24) is 35.6 Å². The number of halogens is 2. The van der Waals surface area contributed by atoms with Gasteiger partial charge in [-0.15, -0.1) is 0 Å². The fraction of sp³-hybridized carbons (Fsp3) is 0.270. The van der Waals surface area contributed by atoms with Gasteiger partial charge in [0, 0.05) is 80.2 Å². The molecule has 2 aliphatic rings. The summed E-state index contributed by atoms with van der Waals surface area (Å²) in [4.78, 5) is 45.0. The van der Waals surface area contributed by atoms with Crippen LogP contribution in [0, 0.1) is 12.9 Å². The van der Waals surface area contributed by atoms with Gasteiger partial charge in [0.1, 0.15) is 5.65 Å². The molecule has 2 aromatic carbocycles. The summed E-state index contributed by atoms with van der Waals surface area (Å²) in [5, 5.41) is 12.6. The molecular formula is C37H35ClFN7O3. The lowest BCUT2D eigenvalue weighted by molar-refractivity contribution is -0.120. The number of amides is 2. The van der Waals surface area contributed by atoms with E-state index >= 15 is 4.39 Å². The van der Waals surface area contributed by atoms with Crippen molar-refractivity contribution in [2.45, 2.75) is 51.4 Å². The molecule has 0 aliphatic carbocycles. The standard InChI is InChI=1S/C37H35ClFN7O3/c1-21-27(22-12-13-46-32(14-22)42-18-24(37(46)49)17-41-26-15-34(48)43-20-26)4-2-5-28(21)29-6-3-7-30(35(29)38)31-10-8-23(36(39)45-31)16-40-19-25-9-11-33(47)44-25/h2-8,10,12-14,18,25-26,40-41H,9,11,15-17,19-20H2,1H3,(H,43,48)(H,44,47)/t25-,26+/m1/s1. The van der Waals surface area contributed by atoms with E-state index in [2.05, 4.69) is 31.2 Å². The molecule has 2 atom stereocenters. The Morgan fingerprint density at radius 3 is 2.51 bits per heavy atom. The zero-order valence-corrected chi connectivity index (χ0v) is 27.6. The molecule has 10 nitrogen and oxygen atoms in total. The quantitative estimate of drug-likeness (QED) is 0.160. The van der Waals surface area contributed by atoms with Gasteiger partial charge in [-0.2, -0.15) is 4.39 Å². The van der Waals surface area contributed by atoms with Crippen LogP contribution in [0.1, 0.15) is 36.0 Å². The van der Waals surface area contributed by atoms with E-state index in [-0.39, 0.29) is 29.5 Å². The van der Waals surface area contributed by atoms with E-state index in [9.17, 15) is 14.4 Å². The summed E-state index contributed by atoms with van der Waals surface area (Å²) < 4.78 is 16.7. The highest BCUT2D eigenvalue weighted by molar-refractivity contribution is 6.36. The summed E-state index contributed by atoms with van der Waals surface area (Å²) in [7, 11) is 0. The van der Waals surface area contributed by atoms with Gasteiger partial charge in [0.15, 0.2) is 0 Å². The van der Waals surface area contributed by atoms with Gasteiger partial charge in [-0.25, -0.2) is 9.97 Å². The van der Waals surface area contributed by atoms with E-state index in [0.29, 0.717) is 72.1 Å². The number of carbonyl (C=O) groups excluding carboxylic acids is 2. The van der Waals surface area contributed by atoms with Crippen LogP contribution in [0.3, 0.4) is 0 Å². The first kappa shape index (κ1) is 32.6. The van der Waals surface area contributed by atoms with Gasteiger partial charge in [0.25, 0.3) is 5.56 Å². The molecule has 49 heavy (non-hydrogen) atoms. The largest absolute Gasteiger partial charge is 0.354 e. The third-order valence-corrected chi connectivity index (χ3v) is 9.67. The topological polar surface area (TPSA) is 130 Å². The number of nitrogens with one attached hydrogen (secondary N) is 4. The molecule has 5 aromatic rings. The second-order valence-corrected chi connectivity index (χ2v) is 12.9. The van der Waals surface area contributed by atoms with Gasteiger partial charge in [0.05, 0.1) is 16.3 Å². The van der Waals surface area contributed by atoms with Crippen LogP contribution in [0.5, 0.6) is 0 Å². The first-order valence-electron chi connectivity index (χ1n) is 16.3. The average Bonchev–Trinajstić information content (AvgIpc) is 3.72. The van der Waals surface area contributed by atoms with E-state index in [4.69, 9.17) is 11.6 Å². The Morgan fingerprint density at radius 2 is 1.76 bits per heavy atom. The molecule has 0 unspecified atom stereocenters. The number of pyridine rings is 2. The van der Waals surface area contributed by atoms with Gasteiger partial charge in [-0.05, 0) is 53.8 Å². The molecule has 7 rings (SSSR count). The fourth-order valence-corrected chi connectivity index (χ4v) is 6.86. The van der Waals surface area contributed by atoms with E-state index in [0.717, 1.165) is 34.2 Å². The molecule has 0 radical (unpaired) electrons. The Balaban J connectivity index is 1.11. The first-order valence-corrected chi connectivity index (χ1v) is 16.7. The number of benzene rings is 2. The van der Waals surface area contributed by atoms with Crippen LogP contribution >= 0.6 is 11.6 Å². The van der Waals surface area contributed by atoms with Crippen molar-refractivity contribution in [3.63, 3.8) is 0 Å². The van der Waals surface area contributed by atoms with Crippen LogP contribution in [0.15, 0.2) is 77.9 Å². The molecule has 2 fully saturated rings. The maximum atomic E-state index is 15.1. The average molecular weight is 680 g/mol. The third-order valence-electron chi connectivity index (χ3n) is 9.27.